The molecule has 0 aromatic heterocycles. The van der Waals surface area contributed by atoms with Gasteiger partial charge in [-0.25, -0.2) is 9.82 Å². The Balaban J connectivity index is 1.64. The first-order chi connectivity index (χ1) is 15.8. The number of nitrogens with one attached hydrogen (secondary N) is 1. The van der Waals surface area contributed by atoms with Gasteiger partial charge < -0.3 is 19.6 Å². The minimum atomic E-state index is -0.447. The predicted octanol–water partition coefficient (Wildman–Crippen LogP) is 2.03. The number of aliphatic hydroxyl groups is 1. The van der Waals surface area contributed by atoms with Crippen LogP contribution in [0.25, 0.3) is 11.1 Å². The Labute approximate surface area is 192 Å². The number of β-amino-alcohol motifs (C(OH)–C–C–N with tert-alkyl or cyclic N) is 1. The zero-order valence-electron chi connectivity index (χ0n) is 19.0. The average Bonchev–Trinajstić information content (AvgIpc) is 2.79. The van der Waals surface area contributed by atoms with E-state index in [4.69, 9.17) is 4.74 Å². The topological polar surface area (TPSA) is 80.6 Å². The Morgan fingerprint density at radius 2 is 2.06 bits per heavy atom. The standard InChI is InChI=1S/C24H28FN5O3/c1-15-23(32)27-26-22-12-33-21-10-17(16-6-4-5-7-18(16)25)19(11-20(21)30(15)22)28(3)24(2)13-29(14-24)8-9-31/h4-7,10-11,15,31H,8-9,12-14H2,1-3H3,(H,27,32)/t15-/m1/s1. The number of carbonyl (C=O) groups excluding carboxylic acids is 1. The number of hydrogen-bond donors (Lipinski definition) is 2. The normalized spacial score (nSPS) is 21.2. The number of anilines is 2. The van der Waals surface area contributed by atoms with Crippen molar-refractivity contribution in [3.63, 3.8) is 0 Å². The summed E-state index contributed by atoms with van der Waals surface area (Å²) in [5.41, 5.74) is 5.15. The van der Waals surface area contributed by atoms with Gasteiger partial charge in [0.2, 0.25) is 0 Å². The van der Waals surface area contributed by atoms with Crippen molar-refractivity contribution in [2.24, 2.45) is 5.10 Å². The Bertz CT molecular complexity index is 1130. The highest BCUT2D eigenvalue weighted by Gasteiger charge is 2.43. The number of fused-ring (bicyclic) bond motifs is 3. The molecule has 3 heterocycles. The summed E-state index contributed by atoms with van der Waals surface area (Å²) in [6.07, 6.45) is 0. The van der Waals surface area contributed by atoms with Crippen LogP contribution in [0.5, 0.6) is 5.75 Å². The smallest absolute Gasteiger partial charge is 0.262 e. The molecule has 0 radical (unpaired) electrons. The highest BCUT2D eigenvalue weighted by molar-refractivity contribution is 6.10. The first-order valence-electron chi connectivity index (χ1n) is 11.1. The summed E-state index contributed by atoms with van der Waals surface area (Å²) in [6, 6.07) is 10.1. The number of amidine groups is 1. The molecule has 0 spiro atoms. The van der Waals surface area contributed by atoms with Gasteiger partial charge in [0.15, 0.2) is 5.84 Å². The molecule has 2 aromatic rings. The molecular weight excluding hydrogens is 425 g/mol. The highest BCUT2D eigenvalue weighted by Crippen LogP contribution is 2.46. The summed E-state index contributed by atoms with van der Waals surface area (Å²) in [4.78, 5) is 18.6. The van der Waals surface area contributed by atoms with E-state index < -0.39 is 6.04 Å². The zero-order chi connectivity index (χ0) is 23.3. The summed E-state index contributed by atoms with van der Waals surface area (Å²) in [6.45, 7) is 6.51. The maximum Gasteiger partial charge on any atom is 0.262 e. The van der Waals surface area contributed by atoms with Crippen molar-refractivity contribution < 1.29 is 19.0 Å². The lowest BCUT2D eigenvalue weighted by atomic mass is 9.88. The molecule has 3 aliphatic rings. The average molecular weight is 454 g/mol. The van der Waals surface area contributed by atoms with E-state index in [-0.39, 0.29) is 30.5 Å². The largest absolute Gasteiger partial charge is 0.483 e. The van der Waals surface area contributed by atoms with Crippen molar-refractivity contribution in [1.29, 1.82) is 0 Å². The molecular formula is C24H28FN5O3. The number of rotatable bonds is 5. The van der Waals surface area contributed by atoms with Crippen LogP contribution < -0.4 is 20.0 Å². The van der Waals surface area contributed by atoms with Crippen LogP contribution in [0.4, 0.5) is 15.8 Å². The second kappa shape index (κ2) is 8.00. The fraction of sp³-hybridized carbons (Fsp3) is 0.417. The lowest BCUT2D eigenvalue weighted by Gasteiger charge is -2.54. The van der Waals surface area contributed by atoms with E-state index in [1.165, 1.54) is 6.07 Å². The van der Waals surface area contributed by atoms with Crippen molar-refractivity contribution in [2.45, 2.75) is 25.4 Å². The fourth-order valence-corrected chi connectivity index (χ4v) is 4.95. The predicted molar refractivity (Wildman–Crippen MR) is 125 cm³/mol. The molecule has 2 aromatic carbocycles. The number of likely N-dealkylation sites (N-methyl/N-ethyl adjacent to an activating group) is 1. The third-order valence-electron chi connectivity index (χ3n) is 6.91. The molecule has 3 aliphatic heterocycles. The molecule has 0 unspecified atom stereocenters. The quantitative estimate of drug-likeness (QED) is 0.721. The van der Waals surface area contributed by atoms with Crippen LogP contribution in [0.2, 0.25) is 0 Å². The van der Waals surface area contributed by atoms with Gasteiger partial charge in [-0.05, 0) is 32.0 Å². The SMILES string of the molecule is C[C@@H]1C(=O)NN=C2COc3cc(-c4ccccc4F)c(N(C)C4(C)CN(CCO)C4)cc3N21. The van der Waals surface area contributed by atoms with Crippen molar-refractivity contribution in [1.82, 2.24) is 10.3 Å². The molecule has 1 fully saturated rings. The third-order valence-corrected chi connectivity index (χ3v) is 6.91. The molecule has 1 atom stereocenters. The lowest BCUT2D eigenvalue weighted by Crippen LogP contribution is -2.68. The van der Waals surface area contributed by atoms with Crippen molar-refractivity contribution >= 4 is 23.1 Å². The van der Waals surface area contributed by atoms with Crippen LogP contribution in [0.3, 0.4) is 0 Å². The Hall–Kier alpha value is -3.17. The molecule has 5 rings (SSSR count). The molecule has 33 heavy (non-hydrogen) atoms. The number of hydrazone groups is 1. The molecule has 0 bridgehead atoms. The third kappa shape index (κ3) is 3.52. The number of hydrogen-bond acceptors (Lipinski definition) is 7. The molecule has 9 heteroatoms. The van der Waals surface area contributed by atoms with Crippen LogP contribution in [-0.2, 0) is 4.79 Å². The van der Waals surface area contributed by atoms with Gasteiger partial charge in [0.05, 0.1) is 17.8 Å². The Kier molecular flexibility index (Phi) is 5.25. The molecule has 0 saturated carbocycles. The van der Waals surface area contributed by atoms with E-state index in [0.29, 0.717) is 23.7 Å². The number of likely N-dealkylation sites (tertiary alicyclic amines) is 1. The van der Waals surface area contributed by atoms with Crippen molar-refractivity contribution in [2.75, 3.05) is 49.7 Å². The van der Waals surface area contributed by atoms with Gasteiger partial charge in [0.1, 0.15) is 24.2 Å². The highest BCUT2D eigenvalue weighted by atomic mass is 19.1. The summed E-state index contributed by atoms with van der Waals surface area (Å²) < 4.78 is 20.9. The van der Waals surface area contributed by atoms with Crippen LogP contribution in [-0.4, -0.2) is 73.2 Å². The first kappa shape index (κ1) is 21.7. The van der Waals surface area contributed by atoms with E-state index in [2.05, 4.69) is 27.3 Å². The molecule has 1 amide bonds. The number of ether oxygens (including phenoxy) is 1. The van der Waals surface area contributed by atoms with Gasteiger partial charge in [-0.1, -0.05) is 18.2 Å². The zero-order valence-corrected chi connectivity index (χ0v) is 19.0. The van der Waals surface area contributed by atoms with Gasteiger partial charge >= 0.3 is 0 Å². The van der Waals surface area contributed by atoms with Gasteiger partial charge in [0, 0.05) is 43.5 Å². The maximum absolute atomic E-state index is 14.9. The van der Waals surface area contributed by atoms with Crippen LogP contribution >= 0.6 is 0 Å². The van der Waals surface area contributed by atoms with Gasteiger partial charge in [-0.2, -0.15) is 5.10 Å². The fourth-order valence-electron chi connectivity index (χ4n) is 4.95. The van der Waals surface area contributed by atoms with E-state index >= 15 is 0 Å². The van der Waals surface area contributed by atoms with Gasteiger partial charge in [-0.15, -0.1) is 0 Å². The van der Waals surface area contributed by atoms with E-state index in [0.717, 1.165) is 30.0 Å². The summed E-state index contributed by atoms with van der Waals surface area (Å²) in [7, 11) is 2.01. The number of amides is 1. The van der Waals surface area contributed by atoms with Crippen LogP contribution in [0, 0.1) is 5.82 Å². The molecule has 8 nitrogen and oxygen atoms in total. The summed E-state index contributed by atoms with van der Waals surface area (Å²) in [5.74, 6) is 0.722. The first-order valence-corrected chi connectivity index (χ1v) is 11.1. The number of benzene rings is 2. The number of carbonyl (C=O) groups is 1. The van der Waals surface area contributed by atoms with Crippen molar-refractivity contribution in [3.05, 3.63) is 42.2 Å². The second-order valence-electron chi connectivity index (χ2n) is 9.15. The monoisotopic (exact) mass is 453 g/mol. The summed E-state index contributed by atoms with van der Waals surface area (Å²) in [5, 5.41) is 13.5. The molecule has 2 N–H and O–H groups in total. The Morgan fingerprint density at radius 3 is 2.79 bits per heavy atom. The number of aliphatic hydroxyl groups excluding tert-OH is 1. The van der Waals surface area contributed by atoms with Crippen LogP contribution in [0.1, 0.15) is 13.8 Å². The van der Waals surface area contributed by atoms with E-state index in [1.54, 1.807) is 12.1 Å². The minimum absolute atomic E-state index is 0.119. The van der Waals surface area contributed by atoms with Gasteiger partial charge in [0.25, 0.3) is 5.91 Å². The summed E-state index contributed by atoms with van der Waals surface area (Å²) >= 11 is 0. The lowest BCUT2D eigenvalue weighted by molar-refractivity contribution is -0.122. The minimum Gasteiger partial charge on any atom is -0.483 e. The molecule has 1 saturated heterocycles. The van der Waals surface area contributed by atoms with Crippen LogP contribution in [0.15, 0.2) is 41.5 Å². The van der Waals surface area contributed by atoms with Crippen molar-refractivity contribution in [3.8, 4) is 16.9 Å². The van der Waals surface area contributed by atoms with E-state index in [9.17, 15) is 14.3 Å². The number of nitrogens with zero attached hydrogens (tertiary/aromatic N) is 4. The van der Waals surface area contributed by atoms with E-state index in [1.807, 2.05) is 37.1 Å². The second-order valence-corrected chi connectivity index (χ2v) is 9.15. The maximum atomic E-state index is 14.9. The molecule has 0 aliphatic carbocycles. The number of halogens is 1. The molecule has 174 valence electrons. The van der Waals surface area contributed by atoms with Gasteiger partial charge in [-0.3, -0.25) is 9.69 Å². The Morgan fingerprint density at radius 1 is 1.30 bits per heavy atom.